The lowest BCUT2D eigenvalue weighted by Crippen LogP contribution is -2.40. The quantitative estimate of drug-likeness (QED) is 0.293. The van der Waals surface area contributed by atoms with Gasteiger partial charge in [-0.1, -0.05) is 105 Å². The van der Waals surface area contributed by atoms with Gasteiger partial charge < -0.3 is 4.74 Å². The Balaban J connectivity index is 2.13. The molecule has 0 aliphatic heterocycles. The fourth-order valence-electron chi connectivity index (χ4n) is 4.13. The number of hydrogen-bond donors (Lipinski definition) is 0. The Kier molecular flexibility index (Phi) is 6.17. The molecule has 0 amide bonds. The maximum Gasteiger partial charge on any atom is 0.378 e. The zero-order chi connectivity index (χ0) is 22.6. The first-order valence-electron chi connectivity index (χ1n) is 10.9. The predicted molar refractivity (Wildman–Crippen MR) is 125 cm³/mol. The van der Waals surface area contributed by atoms with E-state index in [1.165, 1.54) is 0 Å². The minimum Gasteiger partial charge on any atom is -0.460 e. The van der Waals surface area contributed by atoms with Crippen molar-refractivity contribution in [2.45, 2.75) is 32.2 Å². The Bertz CT molecular complexity index is 1070. The second-order valence-electron chi connectivity index (χ2n) is 7.89. The van der Waals surface area contributed by atoms with E-state index in [0.717, 1.165) is 16.7 Å². The Morgan fingerprint density at radius 1 is 0.844 bits per heavy atom. The normalized spacial score (nSPS) is 11.5. The van der Waals surface area contributed by atoms with Crippen LogP contribution in [0.25, 0.3) is 0 Å². The number of nitrogens with zero attached hydrogens (tertiary/aromatic N) is 3. The molecule has 0 unspecified atom stereocenters. The smallest absolute Gasteiger partial charge is 0.378 e. The van der Waals surface area contributed by atoms with Gasteiger partial charge in [-0.05, 0) is 23.6 Å². The highest BCUT2D eigenvalue weighted by molar-refractivity contribution is 5.85. The summed E-state index contributed by atoms with van der Waals surface area (Å²) in [4.78, 5) is 17.3. The van der Waals surface area contributed by atoms with Crippen LogP contribution in [-0.4, -0.2) is 27.3 Å². The number of esters is 1. The number of aromatic nitrogens is 3. The molecule has 5 nitrogen and oxygen atoms in total. The van der Waals surface area contributed by atoms with Crippen LogP contribution in [0.15, 0.2) is 91.0 Å². The van der Waals surface area contributed by atoms with Crippen LogP contribution in [0.4, 0.5) is 0 Å². The van der Waals surface area contributed by atoms with Crippen LogP contribution >= 0.6 is 0 Å². The monoisotopic (exact) mass is 425 g/mol. The minimum absolute atomic E-state index is 0.0289. The Morgan fingerprint density at radius 3 is 1.66 bits per heavy atom. The van der Waals surface area contributed by atoms with Gasteiger partial charge in [0.1, 0.15) is 11.4 Å². The molecule has 5 heteroatoms. The zero-order valence-electron chi connectivity index (χ0n) is 18.6. The van der Waals surface area contributed by atoms with E-state index < -0.39 is 11.5 Å². The lowest BCUT2D eigenvalue weighted by atomic mass is 9.77. The van der Waals surface area contributed by atoms with Crippen molar-refractivity contribution >= 4 is 5.97 Å². The van der Waals surface area contributed by atoms with Crippen molar-refractivity contribution in [3.05, 3.63) is 119 Å². The standard InChI is InChI=1S/C27H27N3O2/c1-4-32-26(31)24-28-25(20(2)3)30(29-24)27(21-14-8-5-9-15-21,22-16-10-6-11-17-22)23-18-12-7-13-19-23/h5-20H,4H2,1-3H3. The molecule has 0 fully saturated rings. The Hall–Kier alpha value is -3.73. The highest BCUT2D eigenvalue weighted by Crippen LogP contribution is 2.41. The minimum atomic E-state index is -0.818. The third-order valence-electron chi connectivity index (χ3n) is 5.50. The number of hydrogen-bond acceptors (Lipinski definition) is 4. The number of ether oxygens (including phenoxy) is 1. The van der Waals surface area contributed by atoms with Gasteiger partial charge in [-0.2, -0.15) is 0 Å². The Labute approximate surface area is 188 Å². The average molecular weight is 426 g/mol. The molecule has 3 aromatic carbocycles. The van der Waals surface area contributed by atoms with E-state index in [-0.39, 0.29) is 18.3 Å². The zero-order valence-corrected chi connectivity index (χ0v) is 18.6. The van der Waals surface area contributed by atoms with Gasteiger partial charge in [0.2, 0.25) is 0 Å². The van der Waals surface area contributed by atoms with Gasteiger partial charge in [0, 0.05) is 5.92 Å². The molecule has 1 heterocycles. The number of rotatable bonds is 7. The summed E-state index contributed by atoms with van der Waals surface area (Å²) < 4.78 is 7.14. The summed E-state index contributed by atoms with van der Waals surface area (Å²) in [5, 5.41) is 4.78. The van der Waals surface area contributed by atoms with Gasteiger partial charge in [-0.3, -0.25) is 0 Å². The van der Waals surface area contributed by atoms with E-state index in [1.807, 2.05) is 59.3 Å². The summed E-state index contributed by atoms with van der Waals surface area (Å²) in [5.41, 5.74) is 2.26. The molecule has 0 aliphatic rings. The number of carbonyl (C=O) groups excluding carboxylic acids is 1. The van der Waals surface area contributed by atoms with Gasteiger partial charge >= 0.3 is 5.97 Å². The van der Waals surface area contributed by atoms with Crippen molar-refractivity contribution in [1.29, 1.82) is 0 Å². The van der Waals surface area contributed by atoms with E-state index >= 15 is 0 Å². The van der Waals surface area contributed by atoms with Crippen molar-refractivity contribution in [2.24, 2.45) is 0 Å². The molecule has 4 rings (SSSR count). The van der Waals surface area contributed by atoms with Crippen molar-refractivity contribution in [1.82, 2.24) is 14.8 Å². The summed E-state index contributed by atoms with van der Waals surface area (Å²) in [5.74, 6) is 0.296. The predicted octanol–water partition coefficient (Wildman–Crippen LogP) is 5.42. The molecule has 0 spiro atoms. The van der Waals surface area contributed by atoms with Gasteiger partial charge in [-0.25, -0.2) is 14.5 Å². The van der Waals surface area contributed by atoms with Crippen LogP contribution in [0.5, 0.6) is 0 Å². The number of benzene rings is 3. The molecular weight excluding hydrogens is 398 g/mol. The number of carbonyl (C=O) groups is 1. The van der Waals surface area contributed by atoms with Crippen LogP contribution in [0.3, 0.4) is 0 Å². The van der Waals surface area contributed by atoms with Gasteiger partial charge in [0.15, 0.2) is 0 Å². The fourth-order valence-corrected chi connectivity index (χ4v) is 4.13. The topological polar surface area (TPSA) is 57.0 Å². The fraction of sp³-hybridized carbons (Fsp3) is 0.222. The molecule has 0 bridgehead atoms. The molecule has 0 saturated heterocycles. The summed E-state index contributed by atoms with van der Waals surface area (Å²) in [6, 6.07) is 30.7. The molecule has 32 heavy (non-hydrogen) atoms. The largest absolute Gasteiger partial charge is 0.460 e. The van der Waals surface area contributed by atoms with Gasteiger partial charge in [-0.15, -0.1) is 5.10 Å². The van der Waals surface area contributed by atoms with Gasteiger partial charge in [0.25, 0.3) is 5.82 Å². The maximum absolute atomic E-state index is 12.6. The molecule has 0 radical (unpaired) electrons. The van der Waals surface area contributed by atoms with Gasteiger partial charge in [0.05, 0.1) is 6.61 Å². The van der Waals surface area contributed by atoms with E-state index in [2.05, 4.69) is 55.2 Å². The Morgan fingerprint density at radius 2 is 1.28 bits per heavy atom. The molecule has 0 saturated carbocycles. The van der Waals surface area contributed by atoms with Crippen LogP contribution in [0.2, 0.25) is 0 Å². The van der Waals surface area contributed by atoms with E-state index in [9.17, 15) is 4.79 Å². The molecule has 1 aromatic heterocycles. The molecule has 0 N–H and O–H groups in total. The van der Waals surface area contributed by atoms with E-state index in [1.54, 1.807) is 6.92 Å². The second kappa shape index (κ2) is 9.18. The summed E-state index contributed by atoms with van der Waals surface area (Å²) in [6.07, 6.45) is 0. The highest BCUT2D eigenvalue weighted by atomic mass is 16.5. The second-order valence-corrected chi connectivity index (χ2v) is 7.89. The first-order chi connectivity index (χ1) is 15.6. The molecule has 0 atom stereocenters. The van der Waals surface area contributed by atoms with Crippen LogP contribution < -0.4 is 0 Å². The van der Waals surface area contributed by atoms with Crippen LogP contribution in [-0.2, 0) is 10.3 Å². The van der Waals surface area contributed by atoms with Crippen LogP contribution in [0.1, 0.15) is 59.8 Å². The highest BCUT2D eigenvalue weighted by Gasteiger charge is 2.42. The van der Waals surface area contributed by atoms with Crippen molar-refractivity contribution in [3.63, 3.8) is 0 Å². The van der Waals surface area contributed by atoms with Crippen molar-refractivity contribution in [2.75, 3.05) is 6.61 Å². The SMILES string of the molecule is CCOC(=O)c1nc(C(C)C)n(C(c2ccccc2)(c2ccccc2)c2ccccc2)n1. The molecular formula is C27H27N3O2. The first-order valence-corrected chi connectivity index (χ1v) is 10.9. The van der Waals surface area contributed by atoms with Crippen molar-refractivity contribution in [3.8, 4) is 0 Å². The molecule has 4 aromatic rings. The summed E-state index contributed by atoms with van der Waals surface area (Å²) >= 11 is 0. The van der Waals surface area contributed by atoms with E-state index in [4.69, 9.17) is 9.84 Å². The summed E-state index contributed by atoms with van der Waals surface area (Å²) in [6.45, 7) is 6.16. The third-order valence-corrected chi connectivity index (χ3v) is 5.50. The van der Waals surface area contributed by atoms with E-state index in [0.29, 0.717) is 5.82 Å². The first kappa shape index (κ1) is 21.5. The van der Waals surface area contributed by atoms with Crippen molar-refractivity contribution < 1.29 is 9.53 Å². The lowest BCUT2D eigenvalue weighted by Gasteiger charge is -2.37. The molecule has 0 aliphatic carbocycles. The molecule has 162 valence electrons. The summed E-state index contributed by atoms with van der Waals surface area (Å²) in [7, 11) is 0. The van der Waals surface area contributed by atoms with Crippen LogP contribution in [0, 0.1) is 0 Å². The lowest BCUT2D eigenvalue weighted by molar-refractivity contribution is 0.0511. The maximum atomic E-state index is 12.6. The third kappa shape index (κ3) is 3.71. The average Bonchev–Trinajstić information content (AvgIpc) is 3.28.